The zero-order valence-electron chi connectivity index (χ0n) is 11.5. The first-order valence-electron chi connectivity index (χ1n) is 6.38. The summed E-state index contributed by atoms with van der Waals surface area (Å²) in [7, 11) is 0. The summed E-state index contributed by atoms with van der Waals surface area (Å²) in [5.41, 5.74) is 2.79. The molecule has 104 valence electrons. The molecule has 1 atom stereocenters. The minimum Gasteiger partial charge on any atom is -0.387 e. The number of amides is 1. The van der Waals surface area contributed by atoms with Crippen LogP contribution in [0.5, 0.6) is 0 Å². The SMILES string of the molecule is Cc1cnc(C(=O)NCC(O)c2ccccc2C)cn1. The largest absolute Gasteiger partial charge is 0.387 e. The van der Waals surface area contributed by atoms with Crippen molar-refractivity contribution in [2.75, 3.05) is 6.54 Å². The fourth-order valence-electron chi connectivity index (χ4n) is 1.86. The van der Waals surface area contributed by atoms with Crippen LogP contribution in [0.15, 0.2) is 36.7 Å². The van der Waals surface area contributed by atoms with Crippen LogP contribution in [0.1, 0.15) is 33.4 Å². The maximum Gasteiger partial charge on any atom is 0.271 e. The van der Waals surface area contributed by atoms with Crippen molar-refractivity contribution in [2.24, 2.45) is 0 Å². The van der Waals surface area contributed by atoms with Crippen molar-refractivity contribution in [1.29, 1.82) is 0 Å². The first-order chi connectivity index (χ1) is 9.58. The van der Waals surface area contributed by atoms with Crippen LogP contribution in [-0.4, -0.2) is 27.5 Å². The first-order valence-corrected chi connectivity index (χ1v) is 6.38. The van der Waals surface area contributed by atoms with Crippen molar-refractivity contribution in [3.8, 4) is 0 Å². The Bertz CT molecular complexity index is 596. The van der Waals surface area contributed by atoms with E-state index in [1.54, 1.807) is 6.92 Å². The quantitative estimate of drug-likeness (QED) is 0.885. The van der Waals surface area contributed by atoms with Crippen molar-refractivity contribution in [3.05, 3.63) is 59.2 Å². The van der Waals surface area contributed by atoms with Gasteiger partial charge in [-0.15, -0.1) is 0 Å². The number of hydrogen-bond donors (Lipinski definition) is 2. The third kappa shape index (κ3) is 3.39. The zero-order chi connectivity index (χ0) is 14.5. The highest BCUT2D eigenvalue weighted by atomic mass is 16.3. The number of carbonyl (C=O) groups is 1. The number of nitrogens with zero attached hydrogens (tertiary/aromatic N) is 2. The summed E-state index contributed by atoms with van der Waals surface area (Å²) in [5.74, 6) is -0.342. The third-order valence-electron chi connectivity index (χ3n) is 3.02. The van der Waals surface area contributed by atoms with E-state index in [9.17, 15) is 9.90 Å². The van der Waals surface area contributed by atoms with E-state index >= 15 is 0 Å². The van der Waals surface area contributed by atoms with E-state index in [4.69, 9.17) is 0 Å². The lowest BCUT2D eigenvalue weighted by Gasteiger charge is -2.14. The Morgan fingerprint density at radius 1 is 1.25 bits per heavy atom. The van der Waals surface area contributed by atoms with E-state index < -0.39 is 6.10 Å². The highest BCUT2D eigenvalue weighted by Gasteiger charge is 2.13. The summed E-state index contributed by atoms with van der Waals surface area (Å²) in [6.45, 7) is 3.86. The summed E-state index contributed by atoms with van der Waals surface area (Å²) in [5, 5.41) is 12.7. The Balaban J connectivity index is 1.97. The van der Waals surface area contributed by atoms with Gasteiger partial charge in [0.25, 0.3) is 5.91 Å². The Morgan fingerprint density at radius 2 is 2.00 bits per heavy atom. The molecule has 0 radical (unpaired) electrons. The highest BCUT2D eigenvalue weighted by molar-refractivity contribution is 5.91. The minimum atomic E-state index is -0.737. The maximum atomic E-state index is 11.9. The zero-order valence-corrected chi connectivity index (χ0v) is 11.5. The van der Waals surface area contributed by atoms with Gasteiger partial charge in [-0.05, 0) is 25.0 Å². The molecule has 5 nitrogen and oxygen atoms in total. The molecule has 0 aliphatic rings. The van der Waals surface area contributed by atoms with E-state index in [0.29, 0.717) is 0 Å². The average Bonchev–Trinajstić information content (AvgIpc) is 2.45. The number of benzene rings is 1. The van der Waals surface area contributed by atoms with Crippen LogP contribution in [0.3, 0.4) is 0 Å². The van der Waals surface area contributed by atoms with Crippen LogP contribution in [-0.2, 0) is 0 Å². The number of carbonyl (C=O) groups excluding carboxylic acids is 1. The number of aryl methyl sites for hydroxylation is 2. The van der Waals surface area contributed by atoms with Crippen molar-refractivity contribution in [1.82, 2.24) is 15.3 Å². The molecule has 0 bridgehead atoms. The molecular weight excluding hydrogens is 254 g/mol. The van der Waals surface area contributed by atoms with Crippen molar-refractivity contribution < 1.29 is 9.90 Å². The second-order valence-electron chi connectivity index (χ2n) is 4.63. The molecule has 1 aromatic heterocycles. The van der Waals surface area contributed by atoms with Gasteiger partial charge in [-0.1, -0.05) is 24.3 Å². The monoisotopic (exact) mass is 271 g/mol. The lowest BCUT2D eigenvalue weighted by molar-refractivity contribution is 0.0910. The lowest BCUT2D eigenvalue weighted by atomic mass is 10.0. The molecule has 2 rings (SSSR count). The third-order valence-corrected chi connectivity index (χ3v) is 3.02. The molecule has 0 aliphatic heterocycles. The van der Waals surface area contributed by atoms with Gasteiger partial charge in [0.15, 0.2) is 0 Å². The normalized spacial score (nSPS) is 11.9. The van der Waals surface area contributed by atoms with Gasteiger partial charge in [-0.2, -0.15) is 0 Å². The first kappa shape index (κ1) is 14.1. The van der Waals surface area contributed by atoms with Crippen molar-refractivity contribution in [2.45, 2.75) is 20.0 Å². The molecule has 0 saturated carbocycles. The number of rotatable bonds is 4. The minimum absolute atomic E-state index is 0.138. The molecular formula is C15H17N3O2. The summed E-state index contributed by atoms with van der Waals surface area (Å²) in [4.78, 5) is 19.9. The number of aliphatic hydroxyl groups is 1. The summed E-state index contributed by atoms with van der Waals surface area (Å²) >= 11 is 0. The maximum absolute atomic E-state index is 11.9. The van der Waals surface area contributed by atoms with Crippen LogP contribution < -0.4 is 5.32 Å². The molecule has 2 aromatic rings. The second-order valence-corrected chi connectivity index (χ2v) is 4.63. The van der Waals surface area contributed by atoms with E-state index in [0.717, 1.165) is 16.8 Å². The van der Waals surface area contributed by atoms with Gasteiger partial charge >= 0.3 is 0 Å². The molecule has 0 fully saturated rings. The summed E-state index contributed by atoms with van der Waals surface area (Å²) < 4.78 is 0. The van der Waals surface area contributed by atoms with E-state index in [2.05, 4.69) is 15.3 Å². The van der Waals surface area contributed by atoms with Gasteiger partial charge in [0.1, 0.15) is 5.69 Å². The van der Waals surface area contributed by atoms with Gasteiger partial charge in [-0.3, -0.25) is 9.78 Å². The number of aromatic nitrogens is 2. The van der Waals surface area contributed by atoms with Gasteiger partial charge in [0.2, 0.25) is 0 Å². The predicted molar refractivity (Wildman–Crippen MR) is 75.2 cm³/mol. The lowest BCUT2D eigenvalue weighted by Crippen LogP contribution is -2.29. The Morgan fingerprint density at radius 3 is 2.65 bits per heavy atom. The van der Waals surface area contributed by atoms with Crippen LogP contribution >= 0.6 is 0 Å². The Labute approximate surface area is 117 Å². The summed E-state index contributed by atoms with van der Waals surface area (Å²) in [6, 6.07) is 7.54. The standard InChI is InChI=1S/C15H17N3O2/c1-10-5-3-4-6-12(10)14(19)9-18-15(20)13-8-16-11(2)7-17-13/h3-8,14,19H,9H2,1-2H3,(H,18,20). The second kappa shape index (κ2) is 6.25. The van der Waals surface area contributed by atoms with E-state index in [1.807, 2.05) is 31.2 Å². The molecule has 1 heterocycles. The molecule has 1 unspecified atom stereocenters. The molecule has 0 aliphatic carbocycles. The van der Waals surface area contributed by atoms with Crippen LogP contribution in [0.4, 0.5) is 0 Å². The fraction of sp³-hybridized carbons (Fsp3) is 0.267. The molecule has 20 heavy (non-hydrogen) atoms. The highest BCUT2D eigenvalue weighted by Crippen LogP contribution is 2.16. The summed E-state index contributed by atoms with van der Waals surface area (Å²) in [6.07, 6.45) is 2.22. The van der Waals surface area contributed by atoms with Gasteiger partial charge < -0.3 is 10.4 Å². The van der Waals surface area contributed by atoms with Crippen LogP contribution in [0.2, 0.25) is 0 Å². The molecule has 1 amide bonds. The number of hydrogen-bond acceptors (Lipinski definition) is 4. The topological polar surface area (TPSA) is 75.1 Å². The van der Waals surface area contributed by atoms with Crippen molar-refractivity contribution >= 4 is 5.91 Å². The van der Waals surface area contributed by atoms with Crippen LogP contribution in [0.25, 0.3) is 0 Å². The molecule has 0 saturated heterocycles. The average molecular weight is 271 g/mol. The Hall–Kier alpha value is -2.27. The Kier molecular flexibility index (Phi) is 4.42. The van der Waals surface area contributed by atoms with Crippen LogP contribution in [0, 0.1) is 13.8 Å². The molecule has 1 aromatic carbocycles. The fourth-order valence-corrected chi connectivity index (χ4v) is 1.86. The number of nitrogens with one attached hydrogen (secondary N) is 1. The van der Waals surface area contributed by atoms with Gasteiger partial charge in [-0.25, -0.2) is 4.98 Å². The molecule has 5 heteroatoms. The van der Waals surface area contributed by atoms with Gasteiger partial charge in [0, 0.05) is 12.7 Å². The van der Waals surface area contributed by atoms with E-state index in [1.165, 1.54) is 12.4 Å². The van der Waals surface area contributed by atoms with E-state index in [-0.39, 0.29) is 18.1 Å². The number of aliphatic hydroxyl groups excluding tert-OH is 1. The smallest absolute Gasteiger partial charge is 0.271 e. The molecule has 0 spiro atoms. The van der Waals surface area contributed by atoms with Crippen molar-refractivity contribution in [3.63, 3.8) is 0 Å². The predicted octanol–water partition coefficient (Wildman–Crippen LogP) is 1.56. The molecule has 2 N–H and O–H groups in total. The van der Waals surface area contributed by atoms with Gasteiger partial charge in [0.05, 0.1) is 18.0 Å².